The Hall–Kier alpha value is -1.89. The molecule has 0 heterocycles. The number of benzene rings is 1. The summed E-state index contributed by atoms with van der Waals surface area (Å²) in [5.41, 5.74) is -0.509. The number of nitrogens with one attached hydrogen (secondary N) is 1. The molecule has 124 valence electrons. The van der Waals surface area contributed by atoms with Crippen LogP contribution in [0.25, 0.3) is 0 Å². The number of hydrogen-bond donors (Lipinski definition) is 2. The zero-order valence-corrected chi connectivity index (χ0v) is 14.6. The van der Waals surface area contributed by atoms with E-state index in [2.05, 4.69) is 21.2 Å². The quantitative estimate of drug-likeness (QED) is 0.778. The lowest BCUT2D eigenvalue weighted by atomic mass is 10.0. The normalized spacial score (nSPS) is 19.8. The topological polar surface area (TPSA) is 92.7 Å². The average Bonchev–Trinajstić information content (AvgIpc) is 3.14. The van der Waals surface area contributed by atoms with Crippen LogP contribution in [0.4, 0.5) is 4.79 Å². The van der Waals surface area contributed by atoms with Gasteiger partial charge in [0.15, 0.2) is 5.78 Å². The van der Waals surface area contributed by atoms with Crippen LogP contribution in [-0.2, 0) is 4.74 Å². The summed E-state index contributed by atoms with van der Waals surface area (Å²) in [5.74, 6) is -1.86. The molecule has 2 rings (SSSR count). The van der Waals surface area contributed by atoms with Crippen molar-refractivity contribution in [3.8, 4) is 0 Å². The number of carbonyl (C=O) groups is 3. The van der Waals surface area contributed by atoms with Crippen molar-refractivity contribution < 1.29 is 24.2 Å². The molecule has 1 fully saturated rings. The molecule has 2 unspecified atom stereocenters. The molecule has 1 saturated carbocycles. The van der Waals surface area contributed by atoms with Gasteiger partial charge in [0.1, 0.15) is 5.60 Å². The Labute approximate surface area is 142 Å². The van der Waals surface area contributed by atoms with Crippen molar-refractivity contribution in [1.82, 2.24) is 5.32 Å². The fourth-order valence-electron chi connectivity index (χ4n) is 2.21. The third-order valence-corrected chi connectivity index (χ3v) is 3.80. The molecule has 0 saturated heterocycles. The van der Waals surface area contributed by atoms with E-state index in [0.717, 1.165) is 0 Å². The molecule has 0 aromatic heterocycles. The molecular formula is C16H18BrNO5. The van der Waals surface area contributed by atoms with Gasteiger partial charge in [-0.1, -0.05) is 15.9 Å². The lowest BCUT2D eigenvalue weighted by Crippen LogP contribution is -2.35. The van der Waals surface area contributed by atoms with Gasteiger partial charge in [0, 0.05) is 22.0 Å². The first-order valence-corrected chi connectivity index (χ1v) is 7.94. The SMILES string of the molecule is CC(C)(C)OC(=O)NC1CC1C(=O)c1cc(Br)ccc1C(=O)O. The summed E-state index contributed by atoms with van der Waals surface area (Å²) in [6.45, 7) is 5.26. The Balaban J connectivity index is 2.05. The summed E-state index contributed by atoms with van der Waals surface area (Å²) in [6, 6.07) is 4.13. The van der Waals surface area contributed by atoms with Crippen LogP contribution in [0.5, 0.6) is 0 Å². The van der Waals surface area contributed by atoms with Gasteiger partial charge in [0.25, 0.3) is 0 Å². The molecule has 2 atom stereocenters. The van der Waals surface area contributed by atoms with Gasteiger partial charge in [0.2, 0.25) is 0 Å². The molecular weight excluding hydrogens is 366 g/mol. The molecule has 1 aromatic rings. The van der Waals surface area contributed by atoms with Gasteiger partial charge in [-0.15, -0.1) is 0 Å². The monoisotopic (exact) mass is 383 g/mol. The zero-order valence-electron chi connectivity index (χ0n) is 13.1. The average molecular weight is 384 g/mol. The Morgan fingerprint density at radius 3 is 2.48 bits per heavy atom. The van der Waals surface area contributed by atoms with Gasteiger partial charge in [-0.05, 0) is 45.4 Å². The molecule has 1 amide bonds. The highest BCUT2D eigenvalue weighted by Crippen LogP contribution is 2.35. The van der Waals surface area contributed by atoms with Crippen LogP contribution >= 0.6 is 15.9 Å². The maximum atomic E-state index is 12.5. The van der Waals surface area contributed by atoms with E-state index in [-0.39, 0.29) is 23.0 Å². The van der Waals surface area contributed by atoms with Crippen LogP contribution in [-0.4, -0.2) is 34.6 Å². The first kappa shape index (κ1) is 17.5. The molecule has 0 aliphatic heterocycles. The zero-order chi connectivity index (χ0) is 17.4. The number of halogens is 1. The summed E-state index contributed by atoms with van der Waals surface area (Å²) in [6.07, 6.45) is -0.102. The number of ether oxygens (including phenoxy) is 1. The van der Waals surface area contributed by atoms with E-state index < -0.39 is 23.6 Å². The fourth-order valence-corrected chi connectivity index (χ4v) is 2.57. The number of carbonyl (C=O) groups excluding carboxylic acids is 2. The van der Waals surface area contributed by atoms with Gasteiger partial charge < -0.3 is 15.2 Å². The number of ketones is 1. The maximum Gasteiger partial charge on any atom is 0.407 e. The smallest absolute Gasteiger partial charge is 0.407 e. The van der Waals surface area contributed by atoms with Gasteiger partial charge in [-0.25, -0.2) is 9.59 Å². The molecule has 7 heteroatoms. The number of aromatic carboxylic acids is 1. The molecule has 0 radical (unpaired) electrons. The van der Waals surface area contributed by atoms with Crippen molar-refractivity contribution in [2.24, 2.45) is 5.92 Å². The van der Waals surface area contributed by atoms with Crippen molar-refractivity contribution in [2.45, 2.75) is 38.8 Å². The minimum absolute atomic E-state index is 0.0406. The van der Waals surface area contributed by atoms with Crippen LogP contribution in [0, 0.1) is 5.92 Å². The van der Waals surface area contributed by atoms with Crippen molar-refractivity contribution in [3.63, 3.8) is 0 Å². The lowest BCUT2D eigenvalue weighted by molar-refractivity contribution is 0.0520. The summed E-state index contributed by atoms with van der Waals surface area (Å²) in [4.78, 5) is 35.4. The molecule has 23 heavy (non-hydrogen) atoms. The molecule has 1 aliphatic rings. The van der Waals surface area contributed by atoms with Crippen molar-refractivity contribution >= 4 is 33.8 Å². The third kappa shape index (κ3) is 4.54. The number of Topliss-reactive ketones (excluding diaryl/α,β-unsaturated/α-hetero) is 1. The van der Waals surface area contributed by atoms with Crippen LogP contribution in [0.3, 0.4) is 0 Å². The van der Waals surface area contributed by atoms with Crippen molar-refractivity contribution in [1.29, 1.82) is 0 Å². The standard InChI is InChI=1S/C16H18BrNO5/c1-16(2,3)23-15(22)18-12-7-11(12)13(19)10-6-8(17)4-5-9(10)14(20)21/h4-6,11-12H,7H2,1-3H3,(H,18,22)(H,20,21). The first-order valence-electron chi connectivity index (χ1n) is 7.15. The largest absolute Gasteiger partial charge is 0.478 e. The number of alkyl carbamates (subject to hydrolysis) is 1. The lowest BCUT2D eigenvalue weighted by Gasteiger charge is -2.19. The Kier molecular flexibility index (Phi) is 4.79. The van der Waals surface area contributed by atoms with Gasteiger partial charge >= 0.3 is 12.1 Å². The predicted octanol–water partition coefficient (Wildman–Crippen LogP) is 3.24. The van der Waals surface area contributed by atoms with Crippen molar-refractivity contribution in [3.05, 3.63) is 33.8 Å². The summed E-state index contributed by atoms with van der Waals surface area (Å²) < 4.78 is 5.77. The van der Waals surface area contributed by atoms with E-state index in [1.54, 1.807) is 26.8 Å². The molecule has 0 bridgehead atoms. The van der Waals surface area contributed by atoms with Crippen LogP contribution in [0.1, 0.15) is 47.9 Å². The summed E-state index contributed by atoms with van der Waals surface area (Å²) >= 11 is 3.24. The van der Waals surface area contributed by atoms with E-state index in [1.165, 1.54) is 12.1 Å². The highest BCUT2D eigenvalue weighted by atomic mass is 79.9. The number of amides is 1. The van der Waals surface area contributed by atoms with Crippen molar-refractivity contribution in [2.75, 3.05) is 0 Å². The van der Waals surface area contributed by atoms with E-state index >= 15 is 0 Å². The molecule has 6 nitrogen and oxygen atoms in total. The maximum absolute atomic E-state index is 12.5. The fraction of sp³-hybridized carbons (Fsp3) is 0.438. The van der Waals surface area contributed by atoms with Gasteiger partial charge in [-0.2, -0.15) is 0 Å². The minimum atomic E-state index is -1.15. The van der Waals surface area contributed by atoms with Gasteiger partial charge in [0.05, 0.1) is 5.56 Å². The number of carboxylic acid groups (broad SMARTS) is 1. The Morgan fingerprint density at radius 2 is 1.91 bits per heavy atom. The summed E-state index contributed by atoms with van der Waals surface area (Å²) in [5, 5.41) is 11.8. The van der Waals surface area contributed by atoms with Crippen LogP contribution in [0.2, 0.25) is 0 Å². The van der Waals surface area contributed by atoms with Gasteiger partial charge in [-0.3, -0.25) is 4.79 Å². The highest BCUT2D eigenvalue weighted by molar-refractivity contribution is 9.10. The highest BCUT2D eigenvalue weighted by Gasteiger charge is 2.45. The molecule has 2 N–H and O–H groups in total. The molecule has 1 aliphatic carbocycles. The number of hydrogen-bond acceptors (Lipinski definition) is 4. The van der Waals surface area contributed by atoms with E-state index in [0.29, 0.717) is 10.9 Å². The first-order chi connectivity index (χ1) is 10.6. The Bertz CT molecular complexity index is 665. The van der Waals surface area contributed by atoms with Crippen LogP contribution < -0.4 is 5.32 Å². The van der Waals surface area contributed by atoms with E-state index in [4.69, 9.17) is 4.74 Å². The third-order valence-electron chi connectivity index (χ3n) is 3.31. The number of rotatable bonds is 4. The second kappa shape index (κ2) is 6.31. The van der Waals surface area contributed by atoms with Crippen LogP contribution in [0.15, 0.2) is 22.7 Å². The van der Waals surface area contributed by atoms with E-state index in [1.807, 2.05) is 0 Å². The molecule has 0 spiro atoms. The summed E-state index contributed by atoms with van der Waals surface area (Å²) in [7, 11) is 0. The Morgan fingerprint density at radius 1 is 1.26 bits per heavy atom. The second-order valence-corrected chi connectivity index (χ2v) is 7.37. The second-order valence-electron chi connectivity index (χ2n) is 6.45. The number of carboxylic acids is 1. The molecule has 1 aromatic carbocycles. The minimum Gasteiger partial charge on any atom is -0.478 e. The predicted molar refractivity (Wildman–Crippen MR) is 86.7 cm³/mol. The van der Waals surface area contributed by atoms with E-state index in [9.17, 15) is 19.5 Å².